The summed E-state index contributed by atoms with van der Waals surface area (Å²) in [4.78, 5) is 15.7. The van der Waals surface area contributed by atoms with Crippen LogP contribution >= 0.6 is 22.9 Å². The number of rotatable bonds is 5. The molecule has 0 aliphatic rings. The predicted octanol–water partition coefficient (Wildman–Crippen LogP) is 5.19. The van der Waals surface area contributed by atoms with Crippen molar-refractivity contribution in [2.75, 3.05) is 0 Å². The van der Waals surface area contributed by atoms with Crippen LogP contribution in [0, 0.1) is 12.7 Å². The molecule has 0 aliphatic heterocycles. The van der Waals surface area contributed by atoms with Gasteiger partial charge in [-0.3, -0.25) is 0 Å². The highest BCUT2D eigenvalue weighted by Gasteiger charge is 2.18. The monoisotopic (exact) mass is 377 g/mol. The topological polar surface area (TPSA) is 59.4 Å². The van der Waals surface area contributed by atoms with Crippen molar-refractivity contribution in [2.24, 2.45) is 0 Å². The molecule has 0 bridgehead atoms. The number of hydrogen-bond donors (Lipinski definition) is 1. The fraction of sp³-hybridized carbons (Fsp3) is 0.111. The Morgan fingerprint density at radius 3 is 2.76 bits per heavy atom. The van der Waals surface area contributed by atoms with E-state index in [4.69, 9.17) is 16.3 Å². The zero-order valence-electron chi connectivity index (χ0n) is 13.1. The number of aromatic carboxylic acids is 1. The highest BCUT2D eigenvalue weighted by molar-refractivity contribution is 7.17. The second kappa shape index (κ2) is 7.21. The molecule has 0 saturated carbocycles. The van der Waals surface area contributed by atoms with Crippen molar-refractivity contribution in [3.05, 3.63) is 69.4 Å². The van der Waals surface area contributed by atoms with Crippen LogP contribution in [-0.2, 0) is 6.61 Å². The first-order valence-corrected chi connectivity index (χ1v) is 8.52. The molecule has 0 unspecified atom stereocenters. The maximum absolute atomic E-state index is 13.7. The van der Waals surface area contributed by atoms with E-state index in [9.17, 15) is 14.3 Å². The summed E-state index contributed by atoms with van der Waals surface area (Å²) in [7, 11) is 0. The van der Waals surface area contributed by atoms with Crippen LogP contribution in [-0.4, -0.2) is 16.1 Å². The second-order valence-corrected chi connectivity index (χ2v) is 6.69. The highest BCUT2D eigenvalue weighted by atomic mass is 35.5. The van der Waals surface area contributed by atoms with Crippen LogP contribution in [0.1, 0.15) is 20.9 Å². The second-order valence-electron chi connectivity index (χ2n) is 5.26. The molecule has 0 fully saturated rings. The van der Waals surface area contributed by atoms with Crippen LogP contribution in [0.15, 0.2) is 42.5 Å². The number of thiazole rings is 1. The number of carbonyl (C=O) groups is 1. The number of ether oxygens (including phenoxy) is 1. The molecule has 0 saturated heterocycles. The molecule has 3 aromatic rings. The molecule has 7 heteroatoms. The summed E-state index contributed by atoms with van der Waals surface area (Å²) >= 11 is 7.11. The zero-order valence-corrected chi connectivity index (χ0v) is 14.7. The van der Waals surface area contributed by atoms with Gasteiger partial charge >= 0.3 is 5.97 Å². The van der Waals surface area contributed by atoms with Gasteiger partial charge in [-0.05, 0) is 31.2 Å². The molecule has 4 nitrogen and oxygen atoms in total. The third kappa shape index (κ3) is 3.81. The van der Waals surface area contributed by atoms with Crippen molar-refractivity contribution in [3.63, 3.8) is 0 Å². The summed E-state index contributed by atoms with van der Waals surface area (Å²) in [6, 6.07) is 11.3. The Bertz CT molecular complexity index is 942. The molecular formula is C18H13ClFNO3S. The van der Waals surface area contributed by atoms with Crippen molar-refractivity contribution < 1.29 is 19.0 Å². The van der Waals surface area contributed by atoms with Gasteiger partial charge < -0.3 is 9.84 Å². The number of hydrogen-bond acceptors (Lipinski definition) is 4. The maximum atomic E-state index is 13.7. The van der Waals surface area contributed by atoms with E-state index in [2.05, 4.69) is 4.98 Å². The lowest BCUT2D eigenvalue weighted by atomic mass is 10.2. The Morgan fingerprint density at radius 2 is 2.08 bits per heavy atom. The van der Waals surface area contributed by atoms with Gasteiger partial charge in [0.25, 0.3) is 0 Å². The SMILES string of the molecule is Cc1nc(-c2cc(Cl)ccc2OCc2ccccc2F)sc1C(=O)O. The van der Waals surface area contributed by atoms with E-state index >= 15 is 0 Å². The molecule has 1 N–H and O–H groups in total. The van der Waals surface area contributed by atoms with Gasteiger partial charge in [0.05, 0.1) is 11.3 Å². The van der Waals surface area contributed by atoms with Crippen LogP contribution in [0.3, 0.4) is 0 Å². The van der Waals surface area contributed by atoms with Crippen LogP contribution in [0.4, 0.5) is 4.39 Å². The highest BCUT2D eigenvalue weighted by Crippen LogP contribution is 2.36. The minimum atomic E-state index is -1.03. The van der Waals surface area contributed by atoms with Crippen molar-refractivity contribution >= 4 is 28.9 Å². The Hall–Kier alpha value is -2.44. The van der Waals surface area contributed by atoms with Crippen LogP contribution in [0.25, 0.3) is 10.6 Å². The first-order valence-electron chi connectivity index (χ1n) is 7.32. The zero-order chi connectivity index (χ0) is 18.0. The number of carboxylic acids is 1. The summed E-state index contributed by atoms with van der Waals surface area (Å²) < 4.78 is 19.5. The Kier molecular flexibility index (Phi) is 5.01. The van der Waals surface area contributed by atoms with Gasteiger partial charge in [-0.2, -0.15) is 0 Å². The third-order valence-corrected chi connectivity index (χ3v) is 4.92. The van der Waals surface area contributed by atoms with Gasteiger partial charge in [-0.1, -0.05) is 29.8 Å². The molecule has 0 radical (unpaired) electrons. The maximum Gasteiger partial charge on any atom is 0.347 e. The number of carboxylic acid groups (broad SMARTS) is 1. The average molecular weight is 378 g/mol. The van der Waals surface area contributed by atoms with E-state index in [1.807, 2.05) is 0 Å². The molecule has 0 amide bonds. The van der Waals surface area contributed by atoms with Crippen LogP contribution in [0.5, 0.6) is 5.75 Å². The van der Waals surface area contributed by atoms with E-state index in [0.29, 0.717) is 32.6 Å². The smallest absolute Gasteiger partial charge is 0.347 e. The number of nitrogens with zero attached hydrogens (tertiary/aromatic N) is 1. The molecule has 25 heavy (non-hydrogen) atoms. The van der Waals surface area contributed by atoms with E-state index in [-0.39, 0.29) is 17.3 Å². The lowest BCUT2D eigenvalue weighted by molar-refractivity contribution is 0.0701. The minimum Gasteiger partial charge on any atom is -0.488 e. The first kappa shape index (κ1) is 17.4. The number of halogens is 2. The largest absolute Gasteiger partial charge is 0.488 e. The number of aromatic nitrogens is 1. The van der Waals surface area contributed by atoms with Gasteiger partial charge in [0.15, 0.2) is 0 Å². The van der Waals surface area contributed by atoms with E-state index < -0.39 is 5.97 Å². The first-order chi connectivity index (χ1) is 12.0. The summed E-state index contributed by atoms with van der Waals surface area (Å²) in [5.41, 5.74) is 1.42. The van der Waals surface area contributed by atoms with E-state index in [0.717, 1.165) is 11.3 Å². The molecule has 0 atom stereocenters. The summed E-state index contributed by atoms with van der Waals surface area (Å²) in [5.74, 6) is -0.924. The van der Waals surface area contributed by atoms with Gasteiger partial charge in [-0.15, -0.1) is 11.3 Å². The van der Waals surface area contributed by atoms with Crippen molar-refractivity contribution in [1.82, 2.24) is 4.98 Å². The summed E-state index contributed by atoms with van der Waals surface area (Å²) in [5, 5.41) is 10.2. The molecule has 3 rings (SSSR count). The summed E-state index contributed by atoms with van der Waals surface area (Å²) in [6.45, 7) is 1.67. The van der Waals surface area contributed by atoms with Gasteiger partial charge in [0, 0.05) is 10.6 Å². The van der Waals surface area contributed by atoms with Crippen LogP contribution < -0.4 is 4.74 Å². The lowest BCUT2D eigenvalue weighted by Crippen LogP contribution is -1.99. The Morgan fingerprint density at radius 1 is 1.32 bits per heavy atom. The fourth-order valence-electron chi connectivity index (χ4n) is 2.28. The molecular weight excluding hydrogens is 365 g/mol. The third-order valence-electron chi connectivity index (χ3n) is 3.50. The van der Waals surface area contributed by atoms with E-state index in [1.165, 1.54) is 6.07 Å². The minimum absolute atomic E-state index is 0.0391. The van der Waals surface area contributed by atoms with E-state index in [1.54, 1.807) is 43.3 Å². The van der Waals surface area contributed by atoms with Crippen molar-refractivity contribution in [2.45, 2.75) is 13.5 Å². The van der Waals surface area contributed by atoms with Gasteiger partial charge in [0.2, 0.25) is 0 Å². The fourth-order valence-corrected chi connectivity index (χ4v) is 3.37. The molecule has 2 aromatic carbocycles. The van der Waals surface area contributed by atoms with Gasteiger partial charge in [0.1, 0.15) is 28.1 Å². The molecule has 128 valence electrons. The van der Waals surface area contributed by atoms with Crippen molar-refractivity contribution in [3.8, 4) is 16.3 Å². The molecule has 0 aliphatic carbocycles. The Balaban J connectivity index is 1.95. The standard InChI is InChI=1S/C18H13ClFNO3S/c1-10-16(18(22)23)25-17(21-10)13-8-12(19)6-7-15(13)24-9-11-4-2-3-5-14(11)20/h2-8H,9H2,1H3,(H,22,23). The normalized spacial score (nSPS) is 10.7. The number of aryl methyl sites for hydroxylation is 1. The molecule has 0 spiro atoms. The summed E-state index contributed by atoms with van der Waals surface area (Å²) in [6.07, 6.45) is 0. The quantitative estimate of drug-likeness (QED) is 0.664. The van der Waals surface area contributed by atoms with Crippen molar-refractivity contribution in [1.29, 1.82) is 0 Å². The lowest BCUT2D eigenvalue weighted by Gasteiger charge is -2.11. The van der Waals surface area contributed by atoms with Crippen LogP contribution in [0.2, 0.25) is 5.02 Å². The predicted molar refractivity (Wildman–Crippen MR) is 95.0 cm³/mol. The molecule has 1 aromatic heterocycles. The van der Waals surface area contributed by atoms with Gasteiger partial charge in [-0.25, -0.2) is 14.2 Å². The Labute approximate surface area is 152 Å². The number of benzene rings is 2. The molecule has 1 heterocycles. The average Bonchev–Trinajstić information content (AvgIpc) is 2.97.